The lowest BCUT2D eigenvalue weighted by atomic mass is 9.81. The maximum Gasteiger partial charge on any atom is 0.339 e. The molecule has 0 radical (unpaired) electrons. The van der Waals surface area contributed by atoms with Gasteiger partial charge in [-0.2, -0.15) is 0 Å². The van der Waals surface area contributed by atoms with Gasteiger partial charge in [0.25, 0.3) is 0 Å². The van der Waals surface area contributed by atoms with Gasteiger partial charge in [0.15, 0.2) is 0 Å². The number of rotatable bonds is 3. The molecular formula is C14H18BrNO3. The molecule has 0 aromatic heterocycles. The van der Waals surface area contributed by atoms with Crippen molar-refractivity contribution in [2.75, 3.05) is 0 Å². The van der Waals surface area contributed by atoms with Crippen LogP contribution >= 0.6 is 15.9 Å². The van der Waals surface area contributed by atoms with Gasteiger partial charge in [-0.05, 0) is 30.9 Å². The Balaban J connectivity index is 2.37. The molecule has 0 spiro atoms. The fraction of sp³-hybridized carbons (Fsp3) is 0.500. The molecule has 1 atom stereocenters. The summed E-state index contributed by atoms with van der Waals surface area (Å²) < 4.78 is 0.674. The standard InChI is InChI=1S/C14H18BrNO3/c15-10-7-6-9(14(18)19)13(17)11(10)12(16)8-4-2-1-3-5-8/h6-8,12,17H,1-5,16H2,(H,18,19)/t12-/m1/s1. The fourth-order valence-corrected chi connectivity index (χ4v) is 3.39. The predicted octanol–water partition coefficient (Wildman–Crippen LogP) is 3.43. The Morgan fingerprint density at radius 1 is 1.32 bits per heavy atom. The van der Waals surface area contributed by atoms with Crippen molar-refractivity contribution < 1.29 is 15.0 Å². The Kier molecular flexibility index (Phi) is 4.47. The Bertz CT molecular complexity index is 484. The highest BCUT2D eigenvalue weighted by Gasteiger charge is 2.27. The summed E-state index contributed by atoms with van der Waals surface area (Å²) >= 11 is 3.36. The van der Waals surface area contributed by atoms with E-state index in [-0.39, 0.29) is 17.4 Å². The number of hydrogen-bond acceptors (Lipinski definition) is 3. The van der Waals surface area contributed by atoms with Gasteiger partial charge in [-0.15, -0.1) is 0 Å². The lowest BCUT2D eigenvalue weighted by Crippen LogP contribution is -2.24. The van der Waals surface area contributed by atoms with Crippen LogP contribution in [0.3, 0.4) is 0 Å². The molecule has 4 nitrogen and oxygen atoms in total. The van der Waals surface area contributed by atoms with Gasteiger partial charge in [0.2, 0.25) is 0 Å². The van der Waals surface area contributed by atoms with Gasteiger partial charge in [0.1, 0.15) is 11.3 Å². The molecule has 1 aliphatic carbocycles. The van der Waals surface area contributed by atoms with E-state index in [1.54, 1.807) is 6.07 Å². The summed E-state index contributed by atoms with van der Waals surface area (Å²) in [6.45, 7) is 0. The zero-order valence-corrected chi connectivity index (χ0v) is 12.2. The van der Waals surface area contributed by atoms with Gasteiger partial charge >= 0.3 is 5.97 Å². The topological polar surface area (TPSA) is 83.6 Å². The second kappa shape index (κ2) is 5.92. The first-order valence-electron chi connectivity index (χ1n) is 6.52. The summed E-state index contributed by atoms with van der Waals surface area (Å²) in [4.78, 5) is 11.1. The lowest BCUT2D eigenvalue weighted by molar-refractivity contribution is 0.0693. The third-order valence-corrected chi connectivity index (χ3v) is 4.58. The monoisotopic (exact) mass is 327 g/mol. The van der Waals surface area contributed by atoms with Gasteiger partial charge in [-0.1, -0.05) is 35.2 Å². The Morgan fingerprint density at radius 3 is 2.53 bits per heavy atom. The smallest absolute Gasteiger partial charge is 0.339 e. The van der Waals surface area contributed by atoms with Crippen LogP contribution in [0.25, 0.3) is 0 Å². The molecule has 104 valence electrons. The van der Waals surface area contributed by atoms with Crippen LogP contribution in [-0.2, 0) is 0 Å². The van der Waals surface area contributed by atoms with Crippen LogP contribution < -0.4 is 5.73 Å². The molecule has 19 heavy (non-hydrogen) atoms. The zero-order valence-electron chi connectivity index (χ0n) is 10.6. The molecule has 2 rings (SSSR count). The number of nitrogens with two attached hydrogens (primary N) is 1. The van der Waals surface area contributed by atoms with E-state index in [2.05, 4.69) is 15.9 Å². The van der Waals surface area contributed by atoms with Crippen LogP contribution in [0.15, 0.2) is 16.6 Å². The van der Waals surface area contributed by atoms with E-state index in [9.17, 15) is 9.90 Å². The molecule has 0 amide bonds. The summed E-state index contributed by atoms with van der Waals surface area (Å²) in [5.41, 5.74) is 6.68. The highest BCUT2D eigenvalue weighted by Crippen LogP contribution is 2.40. The van der Waals surface area contributed by atoms with Crippen molar-refractivity contribution in [3.63, 3.8) is 0 Å². The molecule has 1 fully saturated rings. The molecule has 0 unspecified atom stereocenters. The Labute approximate surface area is 120 Å². The summed E-state index contributed by atoms with van der Waals surface area (Å²) in [6.07, 6.45) is 5.59. The van der Waals surface area contributed by atoms with Crippen LogP contribution in [0, 0.1) is 5.92 Å². The van der Waals surface area contributed by atoms with E-state index in [4.69, 9.17) is 10.8 Å². The number of hydrogen-bond donors (Lipinski definition) is 3. The normalized spacial score (nSPS) is 18.2. The molecule has 1 aromatic rings. The molecule has 0 saturated heterocycles. The summed E-state index contributed by atoms with van der Waals surface area (Å²) in [7, 11) is 0. The van der Waals surface area contributed by atoms with Gasteiger partial charge < -0.3 is 15.9 Å². The van der Waals surface area contributed by atoms with E-state index in [1.807, 2.05) is 0 Å². The van der Waals surface area contributed by atoms with Crippen molar-refractivity contribution in [2.24, 2.45) is 11.7 Å². The number of halogens is 1. The number of carbonyl (C=O) groups is 1. The highest BCUT2D eigenvalue weighted by molar-refractivity contribution is 9.10. The minimum atomic E-state index is -1.14. The zero-order chi connectivity index (χ0) is 14.0. The molecule has 1 aromatic carbocycles. The fourth-order valence-electron chi connectivity index (χ4n) is 2.80. The van der Waals surface area contributed by atoms with Crippen LogP contribution in [0.5, 0.6) is 5.75 Å². The lowest BCUT2D eigenvalue weighted by Gasteiger charge is -2.29. The summed E-state index contributed by atoms with van der Waals surface area (Å²) in [5.74, 6) is -1.04. The first-order valence-corrected chi connectivity index (χ1v) is 7.32. The molecule has 5 heteroatoms. The number of benzene rings is 1. The largest absolute Gasteiger partial charge is 0.507 e. The minimum Gasteiger partial charge on any atom is -0.507 e. The SMILES string of the molecule is N[C@@H](c1c(Br)ccc(C(=O)O)c1O)C1CCCCC1. The average molecular weight is 328 g/mol. The molecule has 4 N–H and O–H groups in total. The van der Waals surface area contributed by atoms with Crippen molar-refractivity contribution in [3.8, 4) is 5.75 Å². The van der Waals surface area contributed by atoms with E-state index in [0.717, 1.165) is 25.7 Å². The number of carboxylic acids is 1. The van der Waals surface area contributed by atoms with Crippen LogP contribution in [-0.4, -0.2) is 16.2 Å². The second-order valence-corrected chi connectivity index (χ2v) is 5.94. The maximum absolute atomic E-state index is 11.1. The predicted molar refractivity (Wildman–Crippen MR) is 76.3 cm³/mol. The van der Waals surface area contributed by atoms with Gasteiger partial charge in [-0.3, -0.25) is 0 Å². The third-order valence-electron chi connectivity index (χ3n) is 3.89. The number of aromatic hydroxyl groups is 1. The van der Waals surface area contributed by atoms with E-state index in [1.165, 1.54) is 12.5 Å². The van der Waals surface area contributed by atoms with Crippen molar-refractivity contribution >= 4 is 21.9 Å². The average Bonchev–Trinajstić information content (AvgIpc) is 2.39. The van der Waals surface area contributed by atoms with Crippen molar-refractivity contribution in [3.05, 3.63) is 27.7 Å². The van der Waals surface area contributed by atoms with Crippen molar-refractivity contribution in [1.82, 2.24) is 0 Å². The quantitative estimate of drug-likeness (QED) is 0.794. The minimum absolute atomic E-state index is 0.0931. The van der Waals surface area contributed by atoms with Gasteiger partial charge in [0.05, 0.1) is 0 Å². The number of aromatic carboxylic acids is 1. The third kappa shape index (κ3) is 2.92. The maximum atomic E-state index is 11.1. The van der Waals surface area contributed by atoms with Crippen LogP contribution in [0.1, 0.15) is 54.1 Å². The first-order chi connectivity index (χ1) is 9.02. The molecule has 1 saturated carbocycles. The van der Waals surface area contributed by atoms with Crippen LogP contribution in [0.4, 0.5) is 0 Å². The second-order valence-electron chi connectivity index (χ2n) is 5.09. The first kappa shape index (κ1) is 14.3. The molecule has 1 aliphatic rings. The van der Waals surface area contributed by atoms with Gasteiger partial charge in [0, 0.05) is 16.1 Å². The Morgan fingerprint density at radius 2 is 1.95 bits per heavy atom. The molecule has 0 aliphatic heterocycles. The molecule has 0 heterocycles. The summed E-state index contributed by atoms with van der Waals surface area (Å²) in [6, 6.07) is 2.70. The summed E-state index contributed by atoms with van der Waals surface area (Å²) in [5, 5.41) is 19.2. The molecular weight excluding hydrogens is 310 g/mol. The van der Waals surface area contributed by atoms with Gasteiger partial charge in [-0.25, -0.2) is 4.79 Å². The Hall–Kier alpha value is -1.07. The number of carboxylic acid groups (broad SMARTS) is 1. The van der Waals surface area contributed by atoms with Crippen molar-refractivity contribution in [2.45, 2.75) is 38.1 Å². The highest BCUT2D eigenvalue weighted by atomic mass is 79.9. The molecule has 0 bridgehead atoms. The number of phenols is 1. The van der Waals surface area contributed by atoms with Crippen LogP contribution in [0.2, 0.25) is 0 Å². The van der Waals surface area contributed by atoms with Crippen molar-refractivity contribution in [1.29, 1.82) is 0 Å². The van der Waals surface area contributed by atoms with E-state index < -0.39 is 5.97 Å². The van der Waals surface area contributed by atoms with E-state index in [0.29, 0.717) is 16.0 Å². The van der Waals surface area contributed by atoms with E-state index >= 15 is 0 Å².